The number of hydrogen-bond donors (Lipinski definition) is 2. The zero-order valence-electron chi connectivity index (χ0n) is 6.86. The molecule has 5 heteroatoms. The second kappa shape index (κ2) is 3.22. The minimum absolute atomic E-state index is 0.00611. The van der Waals surface area contributed by atoms with E-state index in [4.69, 9.17) is 5.73 Å². The van der Waals surface area contributed by atoms with E-state index in [1.807, 2.05) is 0 Å². The van der Waals surface area contributed by atoms with E-state index in [9.17, 15) is 13.2 Å². The molecular formula is C7H13F3N2. The fourth-order valence-electron chi connectivity index (χ4n) is 1.60. The Hall–Kier alpha value is -0.290. The molecule has 1 heterocycles. The fourth-order valence-corrected chi connectivity index (χ4v) is 1.60. The highest BCUT2D eigenvalue weighted by Crippen LogP contribution is 2.34. The molecule has 0 aromatic heterocycles. The van der Waals surface area contributed by atoms with Crippen LogP contribution in [-0.2, 0) is 0 Å². The Morgan fingerprint density at radius 1 is 1.33 bits per heavy atom. The molecule has 0 bridgehead atoms. The minimum Gasteiger partial charge on any atom is -0.316 e. The average molecular weight is 182 g/mol. The summed E-state index contributed by atoms with van der Waals surface area (Å²) in [5.41, 5.74) is 5.40. The second-order valence-electron chi connectivity index (χ2n) is 3.38. The molecular weight excluding hydrogens is 169 g/mol. The highest BCUT2D eigenvalue weighted by molar-refractivity contribution is 4.83. The Bertz CT molecular complexity index is 147. The molecule has 0 saturated carbocycles. The standard InChI is InChI=1S/C7H13F3N2/c1-4-2-5(7(8,9)10)3-6(11)12-4/h4-6,12H,2-3,11H2,1H3. The molecule has 0 amide bonds. The molecule has 1 aliphatic rings. The Labute approximate surface area is 69.3 Å². The van der Waals surface area contributed by atoms with Gasteiger partial charge in [0.2, 0.25) is 0 Å². The molecule has 72 valence electrons. The summed E-state index contributed by atoms with van der Waals surface area (Å²) >= 11 is 0. The second-order valence-corrected chi connectivity index (χ2v) is 3.38. The van der Waals surface area contributed by atoms with E-state index in [-0.39, 0.29) is 18.9 Å². The van der Waals surface area contributed by atoms with Crippen LogP contribution in [-0.4, -0.2) is 18.4 Å². The highest BCUT2D eigenvalue weighted by Gasteiger charge is 2.43. The van der Waals surface area contributed by atoms with Gasteiger partial charge in [0, 0.05) is 6.04 Å². The molecule has 0 aliphatic carbocycles. The van der Waals surface area contributed by atoms with Crippen LogP contribution >= 0.6 is 0 Å². The molecule has 0 radical (unpaired) electrons. The van der Waals surface area contributed by atoms with Gasteiger partial charge in [-0.3, -0.25) is 5.32 Å². The van der Waals surface area contributed by atoms with Gasteiger partial charge in [0.25, 0.3) is 0 Å². The SMILES string of the molecule is CC1CC(C(F)(F)F)CC(N)N1. The van der Waals surface area contributed by atoms with E-state index in [0.29, 0.717) is 0 Å². The van der Waals surface area contributed by atoms with Gasteiger partial charge >= 0.3 is 6.18 Å². The van der Waals surface area contributed by atoms with Gasteiger partial charge in [-0.25, -0.2) is 0 Å². The number of nitrogens with one attached hydrogen (secondary N) is 1. The molecule has 0 aromatic rings. The van der Waals surface area contributed by atoms with Crippen molar-refractivity contribution in [1.82, 2.24) is 5.32 Å². The van der Waals surface area contributed by atoms with E-state index in [1.165, 1.54) is 0 Å². The van der Waals surface area contributed by atoms with Gasteiger partial charge in [0.05, 0.1) is 12.1 Å². The van der Waals surface area contributed by atoms with Crippen molar-refractivity contribution in [1.29, 1.82) is 0 Å². The molecule has 0 aromatic carbocycles. The van der Waals surface area contributed by atoms with Gasteiger partial charge in [0.1, 0.15) is 0 Å². The van der Waals surface area contributed by atoms with Crippen molar-refractivity contribution in [3.05, 3.63) is 0 Å². The van der Waals surface area contributed by atoms with Crippen LogP contribution < -0.4 is 11.1 Å². The summed E-state index contributed by atoms with van der Waals surface area (Å²) in [6.07, 6.45) is -4.47. The maximum atomic E-state index is 12.2. The molecule has 1 fully saturated rings. The first kappa shape index (κ1) is 9.80. The molecule has 1 saturated heterocycles. The summed E-state index contributed by atoms with van der Waals surface area (Å²) in [6.45, 7) is 1.72. The van der Waals surface area contributed by atoms with Gasteiger partial charge in [-0.05, 0) is 19.8 Å². The van der Waals surface area contributed by atoms with Crippen LogP contribution in [0.3, 0.4) is 0 Å². The Balaban J connectivity index is 2.55. The third-order valence-corrected chi connectivity index (χ3v) is 2.14. The Morgan fingerprint density at radius 2 is 1.92 bits per heavy atom. The van der Waals surface area contributed by atoms with Gasteiger partial charge < -0.3 is 5.73 Å². The molecule has 3 unspecified atom stereocenters. The third kappa shape index (κ3) is 2.35. The maximum Gasteiger partial charge on any atom is 0.391 e. The van der Waals surface area contributed by atoms with Crippen LogP contribution in [0.4, 0.5) is 13.2 Å². The van der Waals surface area contributed by atoms with Crippen molar-refractivity contribution in [2.75, 3.05) is 0 Å². The topological polar surface area (TPSA) is 38.0 Å². The molecule has 0 spiro atoms. The highest BCUT2D eigenvalue weighted by atomic mass is 19.4. The Morgan fingerprint density at radius 3 is 2.33 bits per heavy atom. The maximum absolute atomic E-state index is 12.2. The van der Waals surface area contributed by atoms with Crippen molar-refractivity contribution in [2.45, 2.75) is 38.1 Å². The number of rotatable bonds is 0. The lowest BCUT2D eigenvalue weighted by atomic mass is 9.91. The predicted molar refractivity (Wildman–Crippen MR) is 39.4 cm³/mol. The van der Waals surface area contributed by atoms with Gasteiger partial charge in [-0.2, -0.15) is 13.2 Å². The molecule has 2 nitrogen and oxygen atoms in total. The van der Waals surface area contributed by atoms with E-state index < -0.39 is 18.3 Å². The molecule has 3 atom stereocenters. The fraction of sp³-hybridized carbons (Fsp3) is 1.00. The predicted octanol–water partition coefficient (Wildman–Crippen LogP) is 1.22. The first-order valence-corrected chi connectivity index (χ1v) is 3.98. The summed E-state index contributed by atoms with van der Waals surface area (Å²) in [7, 11) is 0. The molecule has 1 aliphatic heterocycles. The number of hydrogen-bond acceptors (Lipinski definition) is 2. The van der Waals surface area contributed by atoms with E-state index in [0.717, 1.165) is 0 Å². The van der Waals surface area contributed by atoms with Gasteiger partial charge in [-0.1, -0.05) is 0 Å². The average Bonchev–Trinajstić information content (AvgIpc) is 1.82. The summed E-state index contributed by atoms with van der Waals surface area (Å²) < 4.78 is 36.6. The largest absolute Gasteiger partial charge is 0.391 e. The van der Waals surface area contributed by atoms with Crippen LogP contribution in [0.2, 0.25) is 0 Å². The zero-order valence-corrected chi connectivity index (χ0v) is 6.86. The van der Waals surface area contributed by atoms with Crippen molar-refractivity contribution in [3.63, 3.8) is 0 Å². The number of nitrogens with two attached hydrogens (primary N) is 1. The lowest BCUT2D eigenvalue weighted by Gasteiger charge is -2.33. The summed E-state index contributed by atoms with van der Waals surface area (Å²) in [5, 5.41) is 2.86. The number of alkyl halides is 3. The smallest absolute Gasteiger partial charge is 0.316 e. The molecule has 3 N–H and O–H groups in total. The summed E-state index contributed by atoms with van der Waals surface area (Å²) in [4.78, 5) is 0. The van der Waals surface area contributed by atoms with Crippen molar-refractivity contribution < 1.29 is 13.2 Å². The van der Waals surface area contributed by atoms with Crippen LogP contribution in [0.5, 0.6) is 0 Å². The summed E-state index contributed by atoms with van der Waals surface area (Å²) in [5.74, 6) is -1.23. The first-order chi connectivity index (χ1) is 5.39. The normalized spacial score (nSPS) is 38.2. The van der Waals surface area contributed by atoms with E-state index >= 15 is 0 Å². The van der Waals surface area contributed by atoms with Gasteiger partial charge in [-0.15, -0.1) is 0 Å². The zero-order chi connectivity index (χ0) is 9.35. The van der Waals surface area contributed by atoms with Crippen LogP contribution in [0.1, 0.15) is 19.8 Å². The lowest BCUT2D eigenvalue weighted by Crippen LogP contribution is -2.51. The van der Waals surface area contributed by atoms with Crippen molar-refractivity contribution in [3.8, 4) is 0 Å². The minimum atomic E-state index is -4.09. The van der Waals surface area contributed by atoms with Crippen molar-refractivity contribution in [2.24, 2.45) is 11.7 Å². The van der Waals surface area contributed by atoms with E-state index in [1.54, 1.807) is 6.92 Å². The molecule has 1 rings (SSSR count). The number of piperidine rings is 1. The van der Waals surface area contributed by atoms with Crippen LogP contribution in [0.25, 0.3) is 0 Å². The van der Waals surface area contributed by atoms with Gasteiger partial charge in [0.15, 0.2) is 0 Å². The van der Waals surface area contributed by atoms with Crippen LogP contribution in [0.15, 0.2) is 0 Å². The monoisotopic (exact) mass is 182 g/mol. The van der Waals surface area contributed by atoms with Crippen LogP contribution in [0, 0.1) is 5.92 Å². The number of halogens is 3. The summed E-state index contributed by atoms with van der Waals surface area (Å²) in [6, 6.07) is -0.139. The quantitative estimate of drug-likeness (QED) is 0.591. The third-order valence-electron chi connectivity index (χ3n) is 2.14. The van der Waals surface area contributed by atoms with Crippen molar-refractivity contribution >= 4 is 0 Å². The van der Waals surface area contributed by atoms with E-state index in [2.05, 4.69) is 5.32 Å². The first-order valence-electron chi connectivity index (χ1n) is 3.98. The lowest BCUT2D eigenvalue weighted by molar-refractivity contribution is -0.185. The Kier molecular flexibility index (Phi) is 2.63. The molecule has 12 heavy (non-hydrogen) atoms.